The molecule has 168 valence electrons. The SMILES string of the molecule is NC(CS)C(=O)NCC(=O)NC(CS)C(=O)NC(Cc1c[nH]c2ccccc12)C(=O)O. The summed E-state index contributed by atoms with van der Waals surface area (Å²) in [6.45, 7) is -0.393. The third-order valence-corrected chi connectivity index (χ3v) is 5.26. The second-order valence-electron chi connectivity index (χ2n) is 6.77. The number of rotatable bonds is 11. The fourth-order valence-corrected chi connectivity index (χ4v) is 3.24. The van der Waals surface area contributed by atoms with E-state index in [2.05, 4.69) is 46.2 Å². The standard InChI is InChI=1S/C19H25N5O5S2/c20-12(8-30)17(26)22-7-16(25)23-15(9-31)18(27)24-14(19(28)29)5-10-6-21-13-4-2-1-3-11(10)13/h1-4,6,12,14-15,21,30-31H,5,7-9,20H2,(H,22,26)(H,23,25)(H,24,27)(H,28,29). The Hall–Kier alpha value is -2.70. The average molecular weight is 468 g/mol. The van der Waals surface area contributed by atoms with Crippen molar-refractivity contribution in [1.29, 1.82) is 0 Å². The Bertz CT molecular complexity index is 951. The van der Waals surface area contributed by atoms with Gasteiger partial charge in [-0.25, -0.2) is 4.79 Å². The van der Waals surface area contributed by atoms with Gasteiger partial charge < -0.3 is 31.8 Å². The topological polar surface area (TPSA) is 166 Å². The number of nitrogens with two attached hydrogens (primary N) is 1. The molecule has 2 rings (SSSR count). The van der Waals surface area contributed by atoms with Crippen molar-refractivity contribution in [3.8, 4) is 0 Å². The van der Waals surface area contributed by atoms with Gasteiger partial charge in [-0.2, -0.15) is 25.3 Å². The first-order valence-corrected chi connectivity index (χ1v) is 10.7. The maximum atomic E-state index is 12.5. The Morgan fingerprint density at radius 1 is 1.03 bits per heavy atom. The fraction of sp³-hybridized carbons (Fsp3) is 0.368. The second kappa shape index (κ2) is 11.6. The Balaban J connectivity index is 1.97. The van der Waals surface area contributed by atoms with Crippen molar-refractivity contribution >= 4 is 59.9 Å². The van der Waals surface area contributed by atoms with Crippen LogP contribution in [0.15, 0.2) is 30.5 Å². The molecule has 0 fully saturated rings. The van der Waals surface area contributed by atoms with Gasteiger partial charge in [-0.05, 0) is 11.6 Å². The fourth-order valence-electron chi connectivity index (χ4n) is 2.81. The van der Waals surface area contributed by atoms with Gasteiger partial charge in [0.25, 0.3) is 0 Å². The van der Waals surface area contributed by atoms with Crippen molar-refractivity contribution < 1.29 is 24.3 Å². The molecular weight excluding hydrogens is 442 g/mol. The second-order valence-corrected chi connectivity index (χ2v) is 7.50. The van der Waals surface area contributed by atoms with E-state index < -0.39 is 48.4 Å². The molecule has 0 spiro atoms. The molecule has 0 aliphatic carbocycles. The third kappa shape index (κ3) is 6.91. The Morgan fingerprint density at radius 3 is 2.39 bits per heavy atom. The largest absolute Gasteiger partial charge is 0.480 e. The molecule has 3 atom stereocenters. The Morgan fingerprint density at radius 2 is 1.74 bits per heavy atom. The van der Waals surface area contributed by atoms with Gasteiger partial charge in [0.1, 0.15) is 12.1 Å². The van der Waals surface area contributed by atoms with Gasteiger partial charge in [0, 0.05) is 35.0 Å². The van der Waals surface area contributed by atoms with Crippen LogP contribution in [0.5, 0.6) is 0 Å². The number of H-pyrrole nitrogens is 1. The number of hydrogen-bond acceptors (Lipinski definition) is 7. The number of aromatic nitrogens is 1. The minimum absolute atomic E-state index is 0.0516. The van der Waals surface area contributed by atoms with E-state index in [1.807, 2.05) is 24.3 Å². The summed E-state index contributed by atoms with van der Waals surface area (Å²) in [6.07, 6.45) is 1.75. The molecule has 0 bridgehead atoms. The number of carboxylic acid groups (broad SMARTS) is 1. The van der Waals surface area contributed by atoms with E-state index in [0.29, 0.717) is 0 Å². The molecule has 0 aliphatic heterocycles. The summed E-state index contributed by atoms with van der Waals surface area (Å²) in [5, 5.41) is 17.6. The van der Waals surface area contributed by atoms with Gasteiger partial charge in [-0.3, -0.25) is 14.4 Å². The molecule has 1 aromatic carbocycles. The van der Waals surface area contributed by atoms with E-state index in [-0.39, 0.29) is 17.9 Å². The zero-order valence-corrected chi connectivity index (χ0v) is 18.3. The number of carbonyl (C=O) groups is 4. The van der Waals surface area contributed by atoms with Gasteiger partial charge in [0.2, 0.25) is 17.7 Å². The number of benzene rings is 1. The van der Waals surface area contributed by atoms with Crippen molar-refractivity contribution in [3.05, 3.63) is 36.0 Å². The summed E-state index contributed by atoms with van der Waals surface area (Å²) in [7, 11) is 0. The number of aromatic amines is 1. The minimum atomic E-state index is -1.21. The van der Waals surface area contributed by atoms with Crippen molar-refractivity contribution in [3.63, 3.8) is 0 Å². The normalized spacial score (nSPS) is 13.8. The lowest BCUT2D eigenvalue weighted by Gasteiger charge is -2.20. The highest BCUT2D eigenvalue weighted by molar-refractivity contribution is 7.80. The summed E-state index contributed by atoms with van der Waals surface area (Å²) in [5.41, 5.74) is 7.09. The van der Waals surface area contributed by atoms with Crippen molar-refractivity contribution in [2.45, 2.75) is 24.5 Å². The number of thiol groups is 2. The van der Waals surface area contributed by atoms with Crippen LogP contribution in [0.1, 0.15) is 5.56 Å². The minimum Gasteiger partial charge on any atom is -0.480 e. The molecule has 0 saturated heterocycles. The number of aliphatic carboxylic acids is 1. The van der Waals surface area contributed by atoms with Crippen LogP contribution >= 0.6 is 25.3 Å². The molecule has 0 saturated carbocycles. The quantitative estimate of drug-likeness (QED) is 0.199. The molecule has 0 radical (unpaired) electrons. The van der Waals surface area contributed by atoms with Crippen molar-refractivity contribution in [1.82, 2.24) is 20.9 Å². The number of para-hydroxylation sites is 1. The molecule has 3 amide bonds. The molecule has 3 unspecified atom stereocenters. The van der Waals surface area contributed by atoms with E-state index in [9.17, 15) is 24.3 Å². The predicted molar refractivity (Wildman–Crippen MR) is 122 cm³/mol. The Kier molecular flexibility index (Phi) is 9.21. The molecular formula is C19H25N5O5S2. The number of amides is 3. The lowest BCUT2D eigenvalue weighted by atomic mass is 10.0. The van der Waals surface area contributed by atoms with Gasteiger partial charge in [0.15, 0.2) is 0 Å². The monoisotopic (exact) mass is 467 g/mol. The van der Waals surface area contributed by atoms with Gasteiger partial charge in [-0.1, -0.05) is 18.2 Å². The molecule has 1 aromatic heterocycles. The van der Waals surface area contributed by atoms with Gasteiger partial charge >= 0.3 is 5.97 Å². The van der Waals surface area contributed by atoms with E-state index in [4.69, 9.17) is 5.73 Å². The summed E-state index contributed by atoms with van der Waals surface area (Å²) < 4.78 is 0. The van der Waals surface area contributed by atoms with E-state index in [0.717, 1.165) is 16.5 Å². The van der Waals surface area contributed by atoms with Crippen LogP contribution in [0.25, 0.3) is 10.9 Å². The maximum absolute atomic E-state index is 12.5. The van der Waals surface area contributed by atoms with Crippen molar-refractivity contribution in [2.75, 3.05) is 18.1 Å². The first kappa shape index (κ1) is 24.6. The van der Waals surface area contributed by atoms with Gasteiger partial charge in [0.05, 0.1) is 12.6 Å². The summed E-state index contributed by atoms with van der Waals surface area (Å²) in [6, 6.07) is 4.25. The van der Waals surface area contributed by atoms with Crippen LogP contribution < -0.4 is 21.7 Å². The van der Waals surface area contributed by atoms with Crippen LogP contribution in [-0.2, 0) is 25.6 Å². The van der Waals surface area contributed by atoms with Crippen LogP contribution in [0.4, 0.5) is 0 Å². The van der Waals surface area contributed by atoms with Gasteiger partial charge in [-0.15, -0.1) is 0 Å². The lowest BCUT2D eigenvalue weighted by molar-refractivity contribution is -0.142. The van der Waals surface area contributed by atoms with Crippen LogP contribution in [-0.4, -0.2) is 70.0 Å². The molecule has 10 nitrogen and oxygen atoms in total. The number of nitrogens with one attached hydrogen (secondary N) is 4. The number of carboxylic acids is 1. The third-order valence-electron chi connectivity index (χ3n) is 4.50. The molecule has 12 heteroatoms. The number of carbonyl (C=O) groups excluding carboxylic acids is 3. The average Bonchev–Trinajstić information content (AvgIpc) is 3.17. The van der Waals surface area contributed by atoms with Crippen LogP contribution in [0.3, 0.4) is 0 Å². The summed E-state index contributed by atoms with van der Waals surface area (Å²) >= 11 is 7.95. The predicted octanol–water partition coefficient (Wildman–Crippen LogP) is -0.932. The lowest BCUT2D eigenvalue weighted by Crippen LogP contribution is -2.55. The highest BCUT2D eigenvalue weighted by Gasteiger charge is 2.27. The molecule has 2 aromatic rings. The Labute approximate surface area is 189 Å². The number of fused-ring (bicyclic) bond motifs is 1. The first-order chi connectivity index (χ1) is 14.8. The van der Waals surface area contributed by atoms with Crippen molar-refractivity contribution in [2.24, 2.45) is 5.73 Å². The smallest absolute Gasteiger partial charge is 0.326 e. The van der Waals surface area contributed by atoms with E-state index in [1.165, 1.54) is 0 Å². The zero-order valence-electron chi connectivity index (χ0n) is 16.5. The number of hydrogen-bond donors (Lipinski definition) is 8. The highest BCUT2D eigenvalue weighted by atomic mass is 32.1. The molecule has 31 heavy (non-hydrogen) atoms. The zero-order chi connectivity index (χ0) is 23.0. The van der Waals surface area contributed by atoms with Crippen LogP contribution in [0, 0.1) is 0 Å². The first-order valence-electron chi connectivity index (χ1n) is 9.39. The maximum Gasteiger partial charge on any atom is 0.326 e. The summed E-state index contributed by atoms with van der Waals surface area (Å²) in [4.78, 5) is 50.9. The van der Waals surface area contributed by atoms with E-state index in [1.54, 1.807) is 6.20 Å². The molecule has 0 aliphatic rings. The van der Waals surface area contributed by atoms with E-state index >= 15 is 0 Å². The van der Waals surface area contributed by atoms with Crippen LogP contribution in [0.2, 0.25) is 0 Å². The highest BCUT2D eigenvalue weighted by Crippen LogP contribution is 2.19. The molecule has 7 N–H and O–H groups in total. The molecule has 1 heterocycles. The summed E-state index contributed by atoms with van der Waals surface area (Å²) in [5.74, 6) is -3.06.